The molecule has 2 fully saturated rings. The molecule has 4 nitrogen and oxygen atoms in total. The minimum Gasteiger partial charge on any atom is -0.338 e. The highest BCUT2D eigenvalue weighted by molar-refractivity contribution is 5.74. The van der Waals surface area contributed by atoms with Crippen molar-refractivity contribution in [2.75, 3.05) is 19.6 Å². The highest BCUT2D eigenvalue weighted by Gasteiger charge is 2.35. The number of fused-ring (bicyclic) bond motifs is 1. The zero-order chi connectivity index (χ0) is 10.7. The third-order valence-electron chi connectivity index (χ3n) is 3.51. The second-order valence-corrected chi connectivity index (χ2v) is 4.50. The van der Waals surface area contributed by atoms with Gasteiger partial charge in [-0.25, -0.2) is 4.79 Å². The maximum absolute atomic E-state index is 11.4. The summed E-state index contributed by atoms with van der Waals surface area (Å²) in [6, 6.07) is 0.966. The SMILES string of the molecule is CCNC(=O)NC1CCN2CCCCC12. The monoisotopic (exact) mass is 211 g/mol. The van der Waals surface area contributed by atoms with E-state index in [9.17, 15) is 4.79 Å². The average molecular weight is 211 g/mol. The second-order valence-electron chi connectivity index (χ2n) is 4.50. The molecular formula is C11H21N3O. The van der Waals surface area contributed by atoms with Gasteiger partial charge in [0, 0.05) is 25.2 Å². The predicted molar refractivity (Wildman–Crippen MR) is 59.8 cm³/mol. The van der Waals surface area contributed by atoms with Crippen LogP contribution >= 0.6 is 0 Å². The first-order valence-electron chi connectivity index (χ1n) is 6.09. The quantitative estimate of drug-likeness (QED) is 0.713. The van der Waals surface area contributed by atoms with Gasteiger partial charge in [0.1, 0.15) is 0 Å². The fourth-order valence-electron chi connectivity index (χ4n) is 2.80. The van der Waals surface area contributed by atoms with Gasteiger partial charge >= 0.3 is 6.03 Å². The standard InChI is InChI=1S/C11H21N3O/c1-2-12-11(15)13-9-6-8-14-7-4-3-5-10(9)14/h9-10H,2-8H2,1H3,(H2,12,13,15). The number of amides is 2. The van der Waals surface area contributed by atoms with E-state index in [-0.39, 0.29) is 6.03 Å². The number of piperidine rings is 1. The van der Waals surface area contributed by atoms with Gasteiger partial charge < -0.3 is 10.6 Å². The number of carbonyl (C=O) groups excluding carboxylic acids is 1. The number of hydrogen-bond donors (Lipinski definition) is 2. The Bertz CT molecular complexity index is 232. The number of nitrogens with one attached hydrogen (secondary N) is 2. The van der Waals surface area contributed by atoms with E-state index in [1.807, 2.05) is 6.92 Å². The van der Waals surface area contributed by atoms with Crippen molar-refractivity contribution in [3.8, 4) is 0 Å². The molecule has 2 amide bonds. The molecule has 2 heterocycles. The third kappa shape index (κ3) is 2.43. The predicted octanol–water partition coefficient (Wildman–Crippen LogP) is 0.932. The summed E-state index contributed by atoms with van der Waals surface area (Å²) in [6.07, 6.45) is 5.00. The van der Waals surface area contributed by atoms with E-state index in [0.29, 0.717) is 18.6 Å². The highest BCUT2D eigenvalue weighted by atomic mass is 16.2. The Morgan fingerprint density at radius 2 is 2.20 bits per heavy atom. The lowest BCUT2D eigenvalue weighted by molar-refractivity contribution is 0.179. The average Bonchev–Trinajstić information content (AvgIpc) is 2.62. The van der Waals surface area contributed by atoms with E-state index in [0.717, 1.165) is 13.0 Å². The minimum atomic E-state index is -0.00470. The van der Waals surface area contributed by atoms with Crippen molar-refractivity contribution in [1.82, 2.24) is 15.5 Å². The van der Waals surface area contributed by atoms with Crippen LogP contribution in [0.4, 0.5) is 4.79 Å². The molecule has 0 radical (unpaired) electrons. The van der Waals surface area contributed by atoms with E-state index in [1.54, 1.807) is 0 Å². The van der Waals surface area contributed by atoms with Crippen LogP contribution in [0.25, 0.3) is 0 Å². The summed E-state index contributed by atoms with van der Waals surface area (Å²) >= 11 is 0. The minimum absolute atomic E-state index is 0.00470. The van der Waals surface area contributed by atoms with Gasteiger partial charge in [0.05, 0.1) is 0 Å². The van der Waals surface area contributed by atoms with E-state index in [4.69, 9.17) is 0 Å². The first-order chi connectivity index (χ1) is 7.31. The normalized spacial score (nSPS) is 31.0. The number of urea groups is 1. The Hall–Kier alpha value is -0.770. The molecule has 15 heavy (non-hydrogen) atoms. The van der Waals surface area contributed by atoms with E-state index in [2.05, 4.69) is 15.5 Å². The van der Waals surface area contributed by atoms with Gasteiger partial charge in [0.25, 0.3) is 0 Å². The van der Waals surface area contributed by atoms with Gasteiger partial charge in [-0.3, -0.25) is 4.90 Å². The van der Waals surface area contributed by atoms with Crippen LogP contribution in [0.15, 0.2) is 0 Å². The van der Waals surface area contributed by atoms with Crippen molar-refractivity contribution < 1.29 is 4.79 Å². The molecule has 0 aromatic heterocycles. The summed E-state index contributed by atoms with van der Waals surface area (Å²) in [5.41, 5.74) is 0. The number of rotatable bonds is 2. The van der Waals surface area contributed by atoms with Crippen LogP contribution in [0.1, 0.15) is 32.6 Å². The molecular weight excluding hydrogens is 190 g/mol. The second kappa shape index (κ2) is 4.84. The molecule has 0 aromatic carbocycles. The molecule has 4 heteroatoms. The zero-order valence-electron chi connectivity index (χ0n) is 9.46. The molecule has 2 saturated heterocycles. The maximum Gasteiger partial charge on any atom is 0.315 e. The van der Waals surface area contributed by atoms with Gasteiger partial charge in [-0.2, -0.15) is 0 Å². The van der Waals surface area contributed by atoms with Crippen molar-refractivity contribution in [2.24, 2.45) is 0 Å². The van der Waals surface area contributed by atoms with Gasteiger partial charge in [-0.15, -0.1) is 0 Å². The third-order valence-corrected chi connectivity index (χ3v) is 3.51. The summed E-state index contributed by atoms with van der Waals surface area (Å²) < 4.78 is 0. The Morgan fingerprint density at radius 1 is 1.33 bits per heavy atom. The van der Waals surface area contributed by atoms with Crippen molar-refractivity contribution in [2.45, 2.75) is 44.7 Å². The summed E-state index contributed by atoms with van der Waals surface area (Å²) in [5.74, 6) is 0. The number of hydrogen-bond acceptors (Lipinski definition) is 2. The van der Waals surface area contributed by atoms with Crippen molar-refractivity contribution in [3.63, 3.8) is 0 Å². The number of carbonyl (C=O) groups is 1. The molecule has 2 N–H and O–H groups in total. The van der Waals surface area contributed by atoms with E-state index < -0.39 is 0 Å². The molecule has 2 aliphatic heterocycles. The highest BCUT2D eigenvalue weighted by Crippen LogP contribution is 2.26. The van der Waals surface area contributed by atoms with Crippen LogP contribution in [0, 0.1) is 0 Å². The van der Waals surface area contributed by atoms with Gasteiger partial charge in [-0.1, -0.05) is 6.42 Å². The summed E-state index contributed by atoms with van der Waals surface area (Å²) in [6.45, 7) is 5.02. The summed E-state index contributed by atoms with van der Waals surface area (Å²) in [7, 11) is 0. The smallest absolute Gasteiger partial charge is 0.315 e. The van der Waals surface area contributed by atoms with Crippen LogP contribution in [-0.4, -0.2) is 42.6 Å². The molecule has 2 rings (SSSR count). The first-order valence-corrected chi connectivity index (χ1v) is 6.09. The van der Waals surface area contributed by atoms with Crippen molar-refractivity contribution in [3.05, 3.63) is 0 Å². The van der Waals surface area contributed by atoms with Gasteiger partial charge in [0.15, 0.2) is 0 Å². The molecule has 2 atom stereocenters. The Morgan fingerprint density at radius 3 is 3.00 bits per heavy atom. The van der Waals surface area contributed by atoms with E-state index >= 15 is 0 Å². The molecule has 86 valence electrons. The van der Waals surface area contributed by atoms with Crippen LogP contribution in [-0.2, 0) is 0 Å². The van der Waals surface area contributed by atoms with E-state index in [1.165, 1.54) is 25.8 Å². The maximum atomic E-state index is 11.4. The Balaban J connectivity index is 1.85. The molecule has 0 saturated carbocycles. The lowest BCUT2D eigenvalue weighted by atomic mass is 9.99. The Kier molecular flexibility index (Phi) is 3.46. The lowest BCUT2D eigenvalue weighted by Gasteiger charge is -2.32. The molecule has 2 aliphatic rings. The number of nitrogens with zero attached hydrogens (tertiary/aromatic N) is 1. The lowest BCUT2D eigenvalue weighted by Crippen LogP contribution is -2.49. The molecule has 0 bridgehead atoms. The topological polar surface area (TPSA) is 44.4 Å². The largest absolute Gasteiger partial charge is 0.338 e. The molecule has 0 aromatic rings. The van der Waals surface area contributed by atoms with Crippen LogP contribution < -0.4 is 10.6 Å². The molecule has 0 aliphatic carbocycles. The molecule has 0 spiro atoms. The Labute approximate surface area is 91.4 Å². The van der Waals surface area contributed by atoms with Gasteiger partial charge in [0.2, 0.25) is 0 Å². The van der Waals surface area contributed by atoms with Crippen molar-refractivity contribution >= 4 is 6.03 Å². The first kappa shape index (κ1) is 10.7. The van der Waals surface area contributed by atoms with Crippen LogP contribution in [0.2, 0.25) is 0 Å². The van der Waals surface area contributed by atoms with Crippen LogP contribution in [0.3, 0.4) is 0 Å². The van der Waals surface area contributed by atoms with Crippen molar-refractivity contribution in [1.29, 1.82) is 0 Å². The fourth-order valence-corrected chi connectivity index (χ4v) is 2.80. The van der Waals surface area contributed by atoms with Crippen LogP contribution in [0.5, 0.6) is 0 Å². The molecule has 2 unspecified atom stereocenters. The zero-order valence-corrected chi connectivity index (χ0v) is 9.46. The summed E-state index contributed by atoms with van der Waals surface area (Å²) in [5, 5.41) is 5.89. The summed E-state index contributed by atoms with van der Waals surface area (Å²) in [4.78, 5) is 14.0. The fraction of sp³-hybridized carbons (Fsp3) is 0.909. The van der Waals surface area contributed by atoms with Gasteiger partial charge in [-0.05, 0) is 32.7 Å².